The van der Waals surface area contributed by atoms with Gasteiger partial charge in [0, 0.05) is 31.7 Å². The minimum absolute atomic E-state index is 0.0783. The molecule has 0 spiro atoms. The highest BCUT2D eigenvalue weighted by Crippen LogP contribution is 2.65. The van der Waals surface area contributed by atoms with Crippen molar-refractivity contribution in [2.45, 2.75) is 28.5 Å². The Morgan fingerprint density at radius 1 is 0.978 bits per heavy atom. The number of phenols is 1. The van der Waals surface area contributed by atoms with Crippen molar-refractivity contribution in [1.82, 2.24) is 4.90 Å². The molecule has 3 saturated heterocycles. The van der Waals surface area contributed by atoms with Crippen molar-refractivity contribution in [3.05, 3.63) is 57.2 Å². The number of carbonyl (C=O) groups is 4. The highest BCUT2D eigenvalue weighted by atomic mass is 127. The summed E-state index contributed by atoms with van der Waals surface area (Å²) in [4.78, 5) is 56.2. The number of allylic oxidation sites excluding steroid dienone is 2. The standard InChI is InChI=1S/C32H30Cl2IN3O7/c1-36-29(42)31(33)15-21-19(25(32(31,34)30(36)43)16-13-22(35)26(39)23(14-16)44-2)7-8-20-24(21)28(41)38(27(20)40)18-5-3-17(4-6-18)37-9-11-45-12-10-37/h3-7,13-14,20-21,24-25,39H,8-12,15H2,1-2H3/t20-,21+,24-,25-,31+,32-/m0/s1. The first-order valence-corrected chi connectivity index (χ1v) is 16.5. The number of hydrogen-bond acceptors (Lipinski definition) is 8. The average molecular weight is 766 g/mol. The number of benzene rings is 2. The second-order valence-corrected chi connectivity index (χ2v) is 14.6. The lowest BCUT2D eigenvalue weighted by Gasteiger charge is -2.50. The number of rotatable bonds is 4. The molecular weight excluding hydrogens is 736 g/mol. The predicted molar refractivity (Wildman–Crippen MR) is 175 cm³/mol. The van der Waals surface area contributed by atoms with Gasteiger partial charge in [0.25, 0.3) is 11.8 Å². The number of carbonyl (C=O) groups excluding carboxylic acids is 4. The number of phenolic OH excluding ortho intramolecular Hbond substituents is 1. The molecule has 1 N–H and O–H groups in total. The maximum atomic E-state index is 14.3. The van der Waals surface area contributed by atoms with Gasteiger partial charge in [-0.15, -0.1) is 23.2 Å². The van der Waals surface area contributed by atoms with E-state index in [2.05, 4.69) is 4.90 Å². The second kappa shape index (κ2) is 10.9. The smallest absolute Gasteiger partial charge is 0.253 e. The predicted octanol–water partition coefficient (Wildman–Crippen LogP) is 4.04. The summed E-state index contributed by atoms with van der Waals surface area (Å²) in [6, 6.07) is 10.6. The van der Waals surface area contributed by atoms with Crippen molar-refractivity contribution in [2.75, 3.05) is 50.3 Å². The van der Waals surface area contributed by atoms with Gasteiger partial charge in [-0.2, -0.15) is 0 Å². The van der Waals surface area contributed by atoms with Crippen LogP contribution in [0.5, 0.6) is 11.5 Å². The van der Waals surface area contributed by atoms with E-state index in [4.69, 9.17) is 32.7 Å². The molecule has 2 aromatic rings. The minimum atomic E-state index is -1.92. The maximum absolute atomic E-state index is 14.3. The highest BCUT2D eigenvalue weighted by molar-refractivity contribution is 14.1. The van der Waals surface area contributed by atoms with Crippen LogP contribution in [0.4, 0.5) is 11.4 Å². The monoisotopic (exact) mass is 765 g/mol. The summed E-state index contributed by atoms with van der Waals surface area (Å²) >= 11 is 16.5. The van der Waals surface area contributed by atoms with Gasteiger partial charge in [-0.1, -0.05) is 11.6 Å². The van der Waals surface area contributed by atoms with Gasteiger partial charge in [0.05, 0.1) is 41.4 Å². The Balaban J connectivity index is 1.31. The SMILES string of the molecule is COc1cc([C@H]2C3=CC[C@@H]4C(=O)N(c5ccc(N6CCOCC6)cc5)C(=O)[C@@H]4[C@@H]3C[C@@]3(Cl)C(=O)N(C)C(=O)[C@@]23Cl)cc(I)c1O. The van der Waals surface area contributed by atoms with Crippen LogP contribution in [0.25, 0.3) is 0 Å². The molecular formula is C32H30Cl2IN3O7. The first kappa shape index (κ1) is 30.8. The molecule has 0 radical (unpaired) electrons. The zero-order chi connectivity index (χ0) is 32.0. The number of alkyl halides is 2. The fourth-order valence-corrected chi connectivity index (χ4v) is 9.57. The Labute approximate surface area is 283 Å². The van der Waals surface area contributed by atoms with Gasteiger partial charge >= 0.3 is 0 Å². The second-order valence-electron chi connectivity index (χ2n) is 12.2. The van der Waals surface area contributed by atoms with E-state index in [9.17, 15) is 24.3 Å². The van der Waals surface area contributed by atoms with Crippen molar-refractivity contribution in [3.8, 4) is 11.5 Å². The highest BCUT2D eigenvalue weighted by Gasteiger charge is 2.76. The number of hydrogen-bond donors (Lipinski definition) is 1. The Kier molecular flexibility index (Phi) is 7.42. The lowest BCUT2D eigenvalue weighted by Crippen LogP contribution is -2.60. The number of amides is 4. The number of nitrogens with zero attached hydrogens (tertiary/aromatic N) is 3. The molecule has 4 amide bonds. The fourth-order valence-electron chi connectivity index (χ4n) is 7.92. The van der Waals surface area contributed by atoms with Crippen molar-refractivity contribution >= 4 is 80.8 Å². The van der Waals surface area contributed by atoms with Crippen LogP contribution >= 0.6 is 45.8 Å². The third kappa shape index (κ3) is 4.22. The fraction of sp³-hybridized carbons (Fsp3) is 0.438. The lowest BCUT2D eigenvalue weighted by molar-refractivity contribution is -0.138. The number of imide groups is 2. The Morgan fingerprint density at radius 3 is 2.31 bits per heavy atom. The van der Waals surface area contributed by atoms with Crippen LogP contribution in [0, 0.1) is 21.3 Å². The van der Waals surface area contributed by atoms with E-state index in [1.807, 2.05) is 40.8 Å². The van der Waals surface area contributed by atoms with E-state index < -0.39 is 45.2 Å². The molecule has 13 heteroatoms. The molecule has 5 aliphatic rings. The molecule has 2 aromatic carbocycles. The molecule has 45 heavy (non-hydrogen) atoms. The molecule has 2 aliphatic carbocycles. The summed E-state index contributed by atoms with van der Waals surface area (Å²) in [5, 5.41) is 10.6. The van der Waals surface area contributed by atoms with E-state index >= 15 is 0 Å². The average Bonchev–Trinajstić information content (AvgIpc) is 3.37. The molecule has 0 unspecified atom stereocenters. The Hall–Kier alpha value is -2.87. The first-order chi connectivity index (χ1) is 21.4. The molecule has 236 valence electrons. The van der Waals surface area contributed by atoms with Crippen LogP contribution in [-0.4, -0.2) is 83.8 Å². The quantitative estimate of drug-likeness (QED) is 0.215. The molecule has 10 nitrogen and oxygen atoms in total. The van der Waals surface area contributed by atoms with E-state index in [0.29, 0.717) is 33.6 Å². The van der Waals surface area contributed by atoms with Gasteiger partial charge in [-0.3, -0.25) is 29.0 Å². The normalized spacial score (nSPS) is 32.8. The van der Waals surface area contributed by atoms with Gasteiger partial charge in [0.15, 0.2) is 21.2 Å². The van der Waals surface area contributed by atoms with Gasteiger partial charge in [0.2, 0.25) is 11.8 Å². The molecule has 0 bridgehead atoms. The van der Waals surface area contributed by atoms with Crippen molar-refractivity contribution in [3.63, 3.8) is 0 Å². The largest absolute Gasteiger partial charge is 0.504 e. The summed E-state index contributed by atoms with van der Waals surface area (Å²) in [5.74, 6) is -4.94. The molecule has 7 rings (SSSR count). The van der Waals surface area contributed by atoms with E-state index in [0.717, 1.165) is 23.7 Å². The molecule has 3 aliphatic heterocycles. The molecule has 6 atom stereocenters. The number of ether oxygens (including phenoxy) is 2. The molecule has 3 heterocycles. The van der Waals surface area contributed by atoms with E-state index in [-0.39, 0.29) is 36.2 Å². The van der Waals surface area contributed by atoms with E-state index in [1.165, 1.54) is 19.1 Å². The van der Waals surface area contributed by atoms with Crippen LogP contribution in [0.3, 0.4) is 0 Å². The minimum Gasteiger partial charge on any atom is -0.504 e. The maximum Gasteiger partial charge on any atom is 0.253 e. The third-order valence-corrected chi connectivity index (χ3v) is 12.3. The van der Waals surface area contributed by atoms with Crippen LogP contribution in [0.15, 0.2) is 48.0 Å². The molecule has 4 fully saturated rings. The third-order valence-electron chi connectivity index (χ3n) is 10.1. The topological polar surface area (TPSA) is 117 Å². The van der Waals surface area contributed by atoms with Crippen molar-refractivity contribution in [1.29, 1.82) is 0 Å². The van der Waals surface area contributed by atoms with Crippen molar-refractivity contribution in [2.24, 2.45) is 17.8 Å². The number of anilines is 2. The van der Waals surface area contributed by atoms with Crippen LogP contribution < -0.4 is 14.5 Å². The van der Waals surface area contributed by atoms with E-state index in [1.54, 1.807) is 24.3 Å². The molecule has 0 aromatic heterocycles. The first-order valence-electron chi connectivity index (χ1n) is 14.7. The number of likely N-dealkylation sites (tertiary alicyclic amines) is 1. The van der Waals surface area contributed by atoms with Crippen molar-refractivity contribution < 1.29 is 33.8 Å². The number of halogens is 3. The summed E-state index contributed by atoms with van der Waals surface area (Å²) in [6.45, 7) is 2.79. The number of fused-ring (bicyclic) bond motifs is 4. The number of aromatic hydroxyl groups is 1. The zero-order valence-electron chi connectivity index (χ0n) is 24.5. The molecule has 1 saturated carbocycles. The van der Waals surface area contributed by atoms with Gasteiger partial charge in [0.1, 0.15) is 0 Å². The van der Waals surface area contributed by atoms with Crippen LogP contribution in [0.2, 0.25) is 0 Å². The number of methoxy groups -OCH3 is 1. The summed E-state index contributed by atoms with van der Waals surface area (Å²) in [5.41, 5.74) is 2.63. The van der Waals surface area contributed by atoms with Gasteiger partial charge < -0.3 is 19.5 Å². The zero-order valence-corrected chi connectivity index (χ0v) is 28.1. The van der Waals surface area contributed by atoms with Crippen LogP contribution in [-0.2, 0) is 23.9 Å². The van der Waals surface area contributed by atoms with Gasteiger partial charge in [-0.05, 0) is 83.3 Å². The Bertz CT molecular complexity index is 1680. The summed E-state index contributed by atoms with van der Waals surface area (Å²) in [6.07, 6.45) is 2.05. The van der Waals surface area contributed by atoms with Gasteiger partial charge in [-0.25, -0.2) is 0 Å². The number of morpholine rings is 1. The summed E-state index contributed by atoms with van der Waals surface area (Å²) < 4.78 is 11.3. The summed E-state index contributed by atoms with van der Waals surface area (Å²) in [7, 11) is 2.76. The lowest BCUT2D eigenvalue weighted by atomic mass is 9.56. The Morgan fingerprint density at radius 2 is 1.64 bits per heavy atom. The van der Waals surface area contributed by atoms with Crippen LogP contribution in [0.1, 0.15) is 24.3 Å².